The lowest BCUT2D eigenvalue weighted by Gasteiger charge is -2.06. The largest absolute Gasteiger partial charge is 0.477 e. The van der Waals surface area contributed by atoms with E-state index >= 15 is 0 Å². The van der Waals surface area contributed by atoms with Gasteiger partial charge in [0.1, 0.15) is 21.9 Å². The smallest absolute Gasteiger partial charge is 0.346 e. The Morgan fingerprint density at radius 3 is 3.00 bits per heavy atom. The molecule has 0 spiro atoms. The van der Waals surface area contributed by atoms with Crippen LogP contribution in [0.15, 0.2) is 6.33 Å². The lowest BCUT2D eigenvalue weighted by molar-refractivity contribution is 0.0701. The second-order valence-corrected chi connectivity index (χ2v) is 5.92. The molecule has 1 fully saturated rings. The van der Waals surface area contributed by atoms with Gasteiger partial charge in [0, 0.05) is 6.54 Å². The van der Waals surface area contributed by atoms with Gasteiger partial charge in [0.25, 0.3) is 0 Å². The van der Waals surface area contributed by atoms with Crippen LogP contribution in [0.25, 0.3) is 10.2 Å². The maximum absolute atomic E-state index is 11.2. The van der Waals surface area contributed by atoms with Crippen LogP contribution < -0.4 is 5.32 Å². The van der Waals surface area contributed by atoms with Crippen LogP contribution in [-0.4, -0.2) is 27.6 Å². The first-order chi connectivity index (χ1) is 9.16. The van der Waals surface area contributed by atoms with Gasteiger partial charge < -0.3 is 10.4 Å². The fourth-order valence-electron chi connectivity index (χ4n) is 2.21. The third-order valence-corrected chi connectivity index (χ3v) is 4.65. The number of carboxylic acids is 1. The van der Waals surface area contributed by atoms with E-state index in [1.165, 1.54) is 30.5 Å². The van der Waals surface area contributed by atoms with E-state index in [4.69, 9.17) is 5.11 Å². The molecule has 2 aromatic rings. The van der Waals surface area contributed by atoms with E-state index in [-0.39, 0.29) is 0 Å². The first-order valence-corrected chi connectivity index (χ1v) is 7.19. The highest BCUT2D eigenvalue weighted by Crippen LogP contribution is 2.34. The van der Waals surface area contributed by atoms with Crippen molar-refractivity contribution in [1.29, 1.82) is 0 Å². The number of thiophene rings is 1. The third kappa shape index (κ3) is 2.40. The summed E-state index contributed by atoms with van der Waals surface area (Å²) in [6, 6.07) is 0. The van der Waals surface area contributed by atoms with E-state index in [1.807, 2.05) is 6.92 Å². The molecule has 0 aromatic carbocycles. The van der Waals surface area contributed by atoms with Crippen LogP contribution in [0.5, 0.6) is 0 Å². The third-order valence-electron chi connectivity index (χ3n) is 3.46. The summed E-state index contributed by atoms with van der Waals surface area (Å²) in [6.07, 6.45) is 5.31. The average Bonchev–Trinajstić information content (AvgIpc) is 3.13. The summed E-state index contributed by atoms with van der Waals surface area (Å²) in [7, 11) is 0. The SMILES string of the molecule is Cc1c(C(=O)O)sc2ncnc(NCCC3CC3)c12. The van der Waals surface area contributed by atoms with Crippen molar-refractivity contribution in [3.63, 3.8) is 0 Å². The minimum absolute atomic E-state index is 0.348. The van der Waals surface area contributed by atoms with Crippen molar-refractivity contribution in [2.45, 2.75) is 26.2 Å². The van der Waals surface area contributed by atoms with Crippen LogP contribution in [0.4, 0.5) is 5.82 Å². The van der Waals surface area contributed by atoms with Crippen molar-refractivity contribution in [3.8, 4) is 0 Å². The maximum atomic E-state index is 11.2. The molecule has 100 valence electrons. The predicted octanol–water partition coefficient (Wildman–Crippen LogP) is 2.91. The second-order valence-electron chi connectivity index (χ2n) is 4.92. The molecule has 0 atom stereocenters. The topological polar surface area (TPSA) is 75.1 Å². The van der Waals surface area contributed by atoms with Gasteiger partial charge in [-0.05, 0) is 24.8 Å². The second kappa shape index (κ2) is 4.77. The Labute approximate surface area is 114 Å². The number of hydrogen-bond donors (Lipinski definition) is 2. The van der Waals surface area contributed by atoms with E-state index in [9.17, 15) is 4.79 Å². The minimum atomic E-state index is -0.899. The average molecular weight is 277 g/mol. The molecular weight excluding hydrogens is 262 g/mol. The molecule has 0 bridgehead atoms. The number of fused-ring (bicyclic) bond motifs is 1. The van der Waals surface area contributed by atoms with Crippen LogP contribution in [0.2, 0.25) is 0 Å². The Bertz CT molecular complexity index is 634. The summed E-state index contributed by atoms with van der Waals surface area (Å²) in [5.74, 6) is 0.722. The summed E-state index contributed by atoms with van der Waals surface area (Å²) in [5, 5.41) is 13.3. The summed E-state index contributed by atoms with van der Waals surface area (Å²) in [4.78, 5) is 20.7. The number of carboxylic acid groups (broad SMARTS) is 1. The Morgan fingerprint density at radius 2 is 2.32 bits per heavy atom. The van der Waals surface area contributed by atoms with Crippen molar-refractivity contribution in [2.75, 3.05) is 11.9 Å². The Morgan fingerprint density at radius 1 is 1.53 bits per heavy atom. The summed E-state index contributed by atoms with van der Waals surface area (Å²) in [5.41, 5.74) is 0.752. The summed E-state index contributed by atoms with van der Waals surface area (Å²) >= 11 is 1.21. The number of hydrogen-bond acceptors (Lipinski definition) is 5. The van der Waals surface area contributed by atoms with Gasteiger partial charge in [-0.15, -0.1) is 11.3 Å². The standard InChI is InChI=1S/C13H15N3O2S/c1-7-9-11(14-5-4-8-2-3-8)15-6-16-12(9)19-10(7)13(17)18/h6,8H,2-5H2,1H3,(H,17,18)(H,14,15,16). The van der Waals surface area contributed by atoms with Crippen molar-refractivity contribution in [2.24, 2.45) is 5.92 Å². The van der Waals surface area contributed by atoms with E-state index in [1.54, 1.807) is 0 Å². The molecular formula is C13H15N3O2S. The van der Waals surface area contributed by atoms with Crippen LogP contribution in [0.1, 0.15) is 34.5 Å². The zero-order valence-electron chi connectivity index (χ0n) is 10.6. The molecule has 0 unspecified atom stereocenters. The molecule has 1 aliphatic carbocycles. The number of aromatic carboxylic acids is 1. The zero-order chi connectivity index (χ0) is 13.4. The first kappa shape index (κ1) is 12.3. The number of anilines is 1. The molecule has 19 heavy (non-hydrogen) atoms. The fraction of sp³-hybridized carbons (Fsp3) is 0.462. The van der Waals surface area contributed by atoms with Crippen molar-refractivity contribution < 1.29 is 9.90 Å². The van der Waals surface area contributed by atoms with Gasteiger partial charge in [-0.25, -0.2) is 14.8 Å². The molecule has 6 heteroatoms. The van der Waals surface area contributed by atoms with Crippen LogP contribution in [0, 0.1) is 12.8 Å². The van der Waals surface area contributed by atoms with Crippen LogP contribution in [-0.2, 0) is 0 Å². The molecule has 2 aromatic heterocycles. The molecule has 3 rings (SSSR count). The van der Waals surface area contributed by atoms with E-state index in [2.05, 4.69) is 15.3 Å². The van der Waals surface area contributed by atoms with Crippen molar-refractivity contribution in [3.05, 3.63) is 16.8 Å². The van der Waals surface area contributed by atoms with Gasteiger partial charge >= 0.3 is 5.97 Å². The molecule has 0 aliphatic heterocycles. The zero-order valence-corrected chi connectivity index (χ0v) is 11.5. The molecule has 1 saturated carbocycles. The summed E-state index contributed by atoms with van der Waals surface area (Å²) in [6.45, 7) is 2.70. The number of aromatic nitrogens is 2. The van der Waals surface area contributed by atoms with E-state index in [0.29, 0.717) is 4.88 Å². The Hall–Kier alpha value is -1.69. The quantitative estimate of drug-likeness (QED) is 0.879. The number of nitrogens with one attached hydrogen (secondary N) is 1. The number of rotatable bonds is 5. The molecule has 0 amide bonds. The van der Waals surface area contributed by atoms with E-state index < -0.39 is 5.97 Å². The van der Waals surface area contributed by atoms with Crippen LogP contribution in [0.3, 0.4) is 0 Å². The number of aryl methyl sites for hydroxylation is 1. The lowest BCUT2D eigenvalue weighted by atomic mass is 10.2. The van der Waals surface area contributed by atoms with Gasteiger partial charge in [-0.3, -0.25) is 0 Å². The predicted molar refractivity (Wildman–Crippen MR) is 74.9 cm³/mol. The van der Waals surface area contributed by atoms with Gasteiger partial charge in [0.2, 0.25) is 0 Å². The van der Waals surface area contributed by atoms with Gasteiger partial charge in [0.05, 0.1) is 5.39 Å². The molecule has 0 saturated heterocycles. The Balaban J connectivity index is 1.91. The van der Waals surface area contributed by atoms with Crippen molar-refractivity contribution >= 4 is 33.3 Å². The first-order valence-electron chi connectivity index (χ1n) is 6.38. The highest BCUT2D eigenvalue weighted by Gasteiger charge is 2.21. The molecule has 5 nitrogen and oxygen atoms in total. The maximum Gasteiger partial charge on any atom is 0.346 e. The molecule has 2 heterocycles. The summed E-state index contributed by atoms with van der Waals surface area (Å²) < 4.78 is 0. The molecule has 0 radical (unpaired) electrons. The van der Waals surface area contributed by atoms with Gasteiger partial charge in [-0.2, -0.15) is 0 Å². The molecule has 1 aliphatic rings. The van der Waals surface area contributed by atoms with Crippen LogP contribution >= 0.6 is 11.3 Å². The fourth-order valence-corrected chi connectivity index (χ4v) is 3.20. The normalized spacial score (nSPS) is 14.8. The Kier molecular flexibility index (Phi) is 3.10. The monoisotopic (exact) mass is 277 g/mol. The highest BCUT2D eigenvalue weighted by molar-refractivity contribution is 7.20. The minimum Gasteiger partial charge on any atom is -0.477 e. The van der Waals surface area contributed by atoms with Gasteiger partial charge in [-0.1, -0.05) is 12.8 Å². The van der Waals surface area contributed by atoms with Crippen molar-refractivity contribution in [1.82, 2.24) is 9.97 Å². The highest BCUT2D eigenvalue weighted by atomic mass is 32.1. The number of nitrogens with zero attached hydrogens (tertiary/aromatic N) is 2. The van der Waals surface area contributed by atoms with E-state index in [0.717, 1.165) is 40.5 Å². The lowest BCUT2D eigenvalue weighted by Crippen LogP contribution is -2.05. The number of carbonyl (C=O) groups is 1. The molecule has 2 N–H and O–H groups in total. The van der Waals surface area contributed by atoms with Gasteiger partial charge in [0.15, 0.2) is 0 Å².